The fraction of sp³-hybridized carbons (Fsp3) is 0.737. The van der Waals surface area contributed by atoms with Crippen molar-refractivity contribution in [3.63, 3.8) is 0 Å². The standard InChI is InChI=1S/C19H30N4O2/c20-16-12-21-18(23-13-1-3-15(24)4-2-13)9-17(16)22-14-10-19(11-14)5-7-25-8-6-19/h9,12-15,24H,1-8,10-11,20H2,(H2,21,22,23). The Morgan fingerprint density at radius 2 is 1.80 bits per heavy atom. The maximum Gasteiger partial charge on any atom is 0.128 e. The van der Waals surface area contributed by atoms with Gasteiger partial charge in [0.15, 0.2) is 0 Å². The summed E-state index contributed by atoms with van der Waals surface area (Å²) in [6, 6.07) is 2.93. The molecular weight excluding hydrogens is 316 g/mol. The first-order valence-corrected chi connectivity index (χ1v) is 9.66. The number of nitrogens with one attached hydrogen (secondary N) is 2. The summed E-state index contributed by atoms with van der Waals surface area (Å²) in [6.07, 6.45) is 10.1. The van der Waals surface area contributed by atoms with Crippen LogP contribution in [0.3, 0.4) is 0 Å². The number of rotatable bonds is 4. The molecule has 5 N–H and O–H groups in total. The van der Waals surface area contributed by atoms with Crippen LogP contribution in [0.15, 0.2) is 12.3 Å². The molecule has 0 aromatic carbocycles. The van der Waals surface area contributed by atoms with Crippen molar-refractivity contribution in [2.45, 2.75) is 69.6 Å². The average molecular weight is 346 g/mol. The van der Waals surface area contributed by atoms with Crippen LogP contribution in [0.1, 0.15) is 51.4 Å². The van der Waals surface area contributed by atoms with Crippen LogP contribution in [-0.2, 0) is 4.74 Å². The normalized spacial score (nSPS) is 29.2. The van der Waals surface area contributed by atoms with Crippen molar-refractivity contribution in [1.82, 2.24) is 4.98 Å². The maximum absolute atomic E-state index is 9.63. The van der Waals surface area contributed by atoms with Crippen LogP contribution in [-0.4, -0.2) is 41.5 Å². The predicted molar refractivity (Wildman–Crippen MR) is 99.7 cm³/mol. The Hall–Kier alpha value is -1.53. The average Bonchev–Trinajstić information content (AvgIpc) is 2.59. The van der Waals surface area contributed by atoms with E-state index in [4.69, 9.17) is 10.5 Å². The third-order valence-corrected chi connectivity index (χ3v) is 6.26. The van der Waals surface area contributed by atoms with E-state index in [2.05, 4.69) is 15.6 Å². The van der Waals surface area contributed by atoms with Crippen LogP contribution in [0.4, 0.5) is 17.2 Å². The molecule has 0 unspecified atom stereocenters. The van der Waals surface area contributed by atoms with E-state index >= 15 is 0 Å². The van der Waals surface area contributed by atoms with Gasteiger partial charge in [0.2, 0.25) is 0 Å². The van der Waals surface area contributed by atoms with E-state index in [1.54, 1.807) is 6.20 Å². The molecule has 1 spiro atoms. The highest BCUT2D eigenvalue weighted by molar-refractivity contribution is 5.69. The summed E-state index contributed by atoms with van der Waals surface area (Å²) in [5, 5.41) is 16.8. The molecule has 0 radical (unpaired) electrons. The highest BCUT2D eigenvalue weighted by atomic mass is 16.5. The quantitative estimate of drug-likeness (QED) is 0.670. The number of nitrogens with zero attached hydrogens (tertiary/aromatic N) is 1. The SMILES string of the molecule is Nc1cnc(NC2CCC(O)CC2)cc1NC1CC2(CCOCC2)C1. The number of anilines is 3. The van der Waals surface area contributed by atoms with Gasteiger partial charge in [-0.2, -0.15) is 0 Å². The van der Waals surface area contributed by atoms with Gasteiger partial charge in [-0.15, -0.1) is 0 Å². The summed E-state index contributed by atoms with van der Waals surface area (Å²) in [5.41, 5.74) is 8.33. The lowest BCUT2D eigenvalue weighted by Crippen LogP contribution is -2.48. The molecule has 1 saturated heterocycles. The van der Waals surface area contributed by atoms with Crippen molar-refractivity contribution in [1.29, 1.82) is 0 Å². The Labute approximate surface area is 149 Å². The molecule has 2 aliphatic carbocycles. The molecule has 2 heterocycles. The molecular formula is C19H30N4O2. The zero-order valence-electron chi connectivity index (χ0n) is 14.8. The molecule has 0 bridgehead atoms. The molecule has 4 rings (SSSR count). The van der Waals surface area contributed by atoms with Gasteiger partial charge in [0.25, 0.3) is 0 Å². The van der Waals surface area contributed by atoms with E-state index in [-0.39, 0.29) is 6.10 Å². The van der Waals surface area contributed by atoms with Crippen molar-refractivity contribution in [3.8, 4) is 0 Å². The highest BCUT2D eigenvalue weighted by Crippen LogP contribution is 2.49. The highest BCUT2D eigenvalue weighted by Gasteiger charge is 2.44. The number of aliphatic hydroxyl groups is 1. The van der Waals surface area contributed by atoms with E-state index in [9.17, 15) is 5.11 Å². The number of nitrogen functional groups attached to an aromatic ring is 1. The molecule has 3 aliphatic rings. The van der Waals surface area contributed by atoms with Gasteiger partial charge in [-0.3, -0.25) is 0 Å². The number of nitrogens with two attached hydrogens (primary N) is 1. The van der Waals surface area contributed by atoms with Gasteiger partial charge < -0.3 is 26.2 Å². The van der Waals surface area contributed by atoms with Crippen molar-refractivity contribution in [2.75, 3.05) is 29.6 Å². The Balaban J connectivity index is 1.34. The largest absolute Gasteiger partial charge is 0.396 e. The Morgan fingerprint density at radius 1 is 1.08 bits per heavy atom. The minimum absolute atomic E-state index is 0.134. The summed E-state index contributed by atoms with van der Waals surface area (Å²) in [5.74, 6) is 0.873. The first kappa shape index (κ1) is 16.9. The lowest BCUT2D eigenvalue weighted by Gasteiger charge is -2.50. The first-order valence-electron chi connectivity index (χ1n) is 9.66. The first-order chi connectivity index (χ1) is 12.1. The Bertz CT molecular complexity index is 587. The van der Waals surface area contributed by atoms with Crippen molar-refractivity contribution >= 4 is 17.2 Å². The summed E-state index contributed by atoms with van der Waals surface area (Å²) in [6.45, 7) is 1.82. The number of ether oxygens (including phenoxy) is 1. The van der Waals surface area contributed by atoms with Crippen molar-refractivity contribution in [3.05, 3.63) is 12.3 Å². The van der Waals surface area contributed by atoms with E-state index in [1.165, 1.54) is 25.7 Å². The van der Waals surface area contributed by atoms with Gasteiger partial charge in [-0.25, -0.2) is 4.98 Å². The smallest absolute Gasteiger partial charge is 0.128 e. The molecule has 3 fully saturated rings. The van der Waals surface area contributed by atoms with Crippen LogP contribution in [0.2, 0.25) is 0 Å². The molecule has 6 heteroatoms. The van der Waals surface area contributed by atoms with Gasteiger partial charge in [-0.1, -0.05) is 0 Å². The molecule has 1 aromatic heterocycles. The topological polar surface area (TPSA) is 92.4 Å². The Morgan fingerprint density at radius 3 is 2.52 bits per heavy atom. The van der Waals surface area contributed by atoms with Gasteiger partial charge in [-0.05, 0) is 56.8 Å². The number of aliphatic hydroxyl groups excluding tert-OH is 1. The van der Waals surface area contributed by atoms with Crippen molar-refractivity contribution < 1.29 is 9.84 Å². The number of aromatic nitrogens is 1. The molecule has 1 aromatic rings. The molecule has 0 atom stereocenters. The van der Waals surface area contributed by atoms with Crippen LogP contribution in [0, 0.1) is 5.41 Å². The second-order valence-electron chi connectivity index (χ2n) is 8.17. The number of hydrogen-bond donors (Lipinski definition) is 4. The lowest BCUT2D eigenvalue weighted by molar-refractivity contribution is -0.0341. The third kappa shape index (κ3) is 3.85. The van der Waals surface area contributed by atoms with E-state index < -0.39 is 0 Å². The minimum Gasteiger partial charge on any atom is -0.396 e. The Kier molecular flexibility index (Phi) is 4.73. The zero-order valence-corrected chi connectivity index (χ0v) is 14.8. The van der Waals surface area contributed by atoms with Gasteiger partial charge in [0.05, 0.1) is 23.7 Å². The van der Waals surface area contributed by atoms with Crippen molar-refractivity contribution in [2.24, 2.45) is 5.41 Å². The maximum atomic E-state index is 9.63. The van der Waals surface area contributed by atoms with Crippen LogP contribution < -0.4 is 16.4 Å². The zero-order chi connectivity index (χ0) is 17.3. The fourth-order valence-corrected chi connectivity index (χ4v) is 4.62. The minimum atomic E-state index is -0.134. The summed E-state index contributed by atoms with van der Waals surface area (Å²) < 4.78 is 5.50. The summed E-state index contributed by atoms with van der Waals surface area (Å²) in [7, 11) is 0. The van der Waals surface area contributed by atoms with E-state index in [0.717, 1.165) is 50.4 Å². The van der Waals surface area contributed by atoms with Crippen LogP contribution >= 0.6 is 0 Å². The monoisotopic (exact) mass is 346 g/mol. The van der Waals surface area contributed by atoms with Crippen LogP contribution in [0.25, 0.3) is 0 Å². The fourth-order valence-electron chi connectivity index (χ4n) is 4.62. The molecule has 25 heavy (non-hydrogen) atoms. The van der Waals surface area contributed by atoms with Crippen LogP contribution in [0.5, 0.6) is 0 Å². The molecule has 6 nitrogen and oxygen atoms in total. The van der Waals surface area contributed by atoms with Gasteiger partial charge in [0, 0.05) is 31.4 Å². The van der Waals surface area contributed by atoms with E-state index in [1.807, 2.05) is 6.07 Å². The summed E-state index contributed by atoms with van der Waals surface area (Å²) in [4.78, 5) is 4.43. The van der Waals surface area contributed by atoms with Gasteiger partial charge in [0.1, 0.15) is 5.82 Å². The second-order valence-corrected chi connectivity index (χ2v) is 8.17. The van der Waals surface area contributed by atoms with Gasteiger partial charge >= 0.3 is 0 Å². The second kappa shape index (κ2) is 7.00. The molecule has 2 saturated carbocycles. The molecule has 138 valence electrons. The number of pyridine rings is 1. The predicted octanol–water partition coefficient (Wildman–Crippen LogP) is 2.75. The molecule has 1 aliphatic heterocycles. The number of hydrogen-bond acceptors (Lipinski definition) is 6. The summed E-state index contributed by atoms with van der Waals surface area (Å²) >= 11 is 0. The lowest BCUT2D eigenvalue weighted by atomic mass is 9.61. The third-order valence-electron chi connectivity index (χ3n) is 6.26. The molecule has 0 amide bonds. The van der Waals surface area contributed by atoms with E-state index in [0.29, 0.717) is 23.2 Å².